The van der Waals surface area contributed by atoms with Crippen LogP contribution in [0.5, 0.6) is 5.75 Å². The zero-order valence-corrected chi connectivity index (χ0v) is 23.3. The summed E-state index contributed by atoms with van der Waals surface area (Å²) < 4.78 is 35.4. The van der Waals surface area contributed by atoms with Gasteiger partial charge in [-0.25, -0.2) is 8.42 Å². The van der Waals surface area contributed by atoms with E-state index in [2.05, 4.69) is 10.1 Å². The van der Waals surface area contributed by atoms with Gasteiger partial charge in [-0.05, 0) is 48.2 Å². The lowest BCUT2D eigenvalue weighted by molar-refractivity contribution is 0.199. The van der Waals surface area contributed by atoms with Crippen LogP contribution < -0.4 is 15.2 Å². The van der Waals surface area contributed by atoms with E-state index in [0.717, 1.165) is 23.2 Å². The van der Waals surface area contributed by atoms with Gasteiger partial charge in [-0.1, -0.05) is 54.1 Å². The minimum absolute atomic E-state index is 0.0481. The topological polar surface area (TPSA) is 97.6 Å². The van der Waals surface area contributed by atoms with Crippen molar-refractivity contribution in [3.05, 3.63) is 111 Å². The predicted octanol–water partition coefficient (Wildman–Crippen LogP) is 4.00. The highest BCUT2D eigenvalue weighted by atomic mass is 35.5. The highest BCUT2D eigenvalue weighted by molar-refractivity contribution is 7.88. The fourth-order valence-electron chi connectivity index (χ4n) is 5.27. The van der Waals surface area contributed by atoms with E-state index in [1.807, 2.05) is 47.4 Å². The van der Waals surface area contributed by atoms with Gasteiger partial charge in [0.25, 0.3) is 0 Å². The number of aromatic nitrogens is 3. The number of ether oxygens (including phenoxy) is 1. The number of sulfonamides is 1. The molecule has 0 saturated carbocycles. The lowest BCUT2D eigenvalue weighted by Gasteiger charge is -2.36. The Balaban J connectivity index is 1.29. The molecule has 2 aromatic carbocycles. The monoisotopic (exact) mass is 577 g/mol. The molecule has 0 bridgehead atoms. The molecule has 2 aliphatic rings. The van der Waals surface area contributed by atoms with Crippen molar-refractivity contribution >= 4 is 27.3 Å². The third-order valence-corrected chi connectivity index (χ3v) is 9.38. The second-order valence-electron chi connectivity index (χ2n) is 9.88. The maximum Gasteiger partial charge on any atom is 0.316 e. The van der Waals surface area contributed by atoms with Crippen LogP contribution >= 0.6 is 11.6 Å². The number of anilines is 1. The molecule has 1 unspecified atom stereocenters. The molecule has 1 aliphatic heterocycles. The van der Waals surface area contributed by atoms with Crippen LogP contribution in [0.2, 0.25) is 5.02 Å². The van der Waals surface area contributed by atoms with E-state index in [1.165, 1.54) is 8.99 Å². The highest BCUT2D eigenvalue weighted by Crippen LogP contribution is 2.36. The van der Waals surface area contributed by atoms with Gasteiger partial charge >= 0.3 is 5.56 Å². The van der Waals surface area contributed by atoms with Gasteiger partial charge in [0.1, 0.15) is 11.8 Å². The molecule has 6 rings (SSSR count). The summed E-state index contributed by atoms with van der Waals surface area (Å²) in [5.74, 6) is 0.118. The van der Waals surface area contributed by atoms with Gasteiger partial charge in [0.15, 0.2) is 0 Å². The Hall–Kier alpha value is -3.73. The molecule has 11 heteroatoms. The summed E-state index contributed by atoms with van der Waals surface area (Å²) >= 11 is 6.19. The van der Waals surface area contributed by atoms with Crippen molar-refractivity contribution in [1.29, 1.82) is 0 Å². The van der Waals surface area contributed by atoms with Crippen LogP contribution in [0.3, 0.4) is 0 Å². The maximum atomic E-state index is 13.8. The molecule has 0 spiro atoms. The summed E-state index contributed by atoms with van der Waals surface area (Å²) in [6.45, 7) is 1.37. The third-order valence-electron chi connectivity index (χ3n) is 7.30. The molecule has 1 aliphatic carbocycles. The summed E-state index contributed by atoms with van der Waals surface area (Å²) in [5, 5.41) is 4.93. The second kappa shape index (κ2) is 11.0. The molecular weight excluding hydrogens is 550 g/mol. The Kier molecular flexibility index (Phi) is 7.31. The molecule has 206 valence electrons. The first-order valence-electron chi connectivity index (χ1n) is 13.1. The number of nitrogens with zero attached hydrogens (tertiary/aromatic N) is 5. The molecule has 1 fully saturated rings. The average molecular weight is 578 g/mol. The molecule has 1 atom stereocenters. The third kappa shape index (κ3) is 5.34. The summed E-state index contributed by atoms with van der Waals surface area (Å²) in [7, 11) is -3.49. The number of hydrogen-bond acceptors (Lipinski definition) is 7. The van der Waals surface area contributed by atoms with Gasteiger partial charge in [0.2, 0.25) is 15.8 Å². The number of hydrogen-bond donors (Lipinski definition) is 0. The molecule has 2 aromatic heterocycles. The molecular formula is C29H28ClN5O4S. The number of aryl methyl sites for hydroxylation is 1. The van der Waals surface area contributed by atoms with Crippen LogP contribution in [-0.4, -0.2) is 53.7 Å². The van der Waals surface area contributed by atoms with Crippen LogP contribution in [0.15, 0.2) is 83.9 Å². The first-order chi connectivity index (χ1) is 19.4. The largest absolute Gasteiger partial charge is 0.476 e. The molecule has 9 nitrogen and oxygen atoms in total. The van der Waals surface area contributed by atoms with Crippen molar-refractivity contribution in [3.63, 3.8) is 0 Å². The smallest absolute Gasteiger partial charge is 0.316 e. The van der Waals surface area contributed by atoms with Crippen LogP contribution in [0.4, 0.5) is 5.69 Å². The first-order valence-corrected chi connectivity index (χ1v) is 15.1. The molecule has 40 heavy (non-hydrogen) atoms. The van der Waals surface area contributed by atoms with Gasteiger partial charge in [-0.2, -0.15) is 14.1 Å². The van der Waals surface area contributed by atoms with Gasteiger partial charge in [0.05, 0.1) is 23.3 Å². The van der Waals surface area contributed by atoms with Crippen molar-refractivity contribution in [2.24, 2.45) is 0 Å². The minimum atomic E-state index is -3.49. The normalized spacial score (nSPS) is 17.5. The SMILES string of the molecule is O=c1c(OC2CCc3cccnc32)c(N2CCN(S(=O)(=O)Cc3ccccc3)CC2)cnn1-c1cccc(Cl)c1. The van der Waals surface area contributed by atoms with Crippen molar-refractivity contribution in [3.8, 4) is 11.4 Å². The first kappa shape index (κ1) is 26.5. The standard InChI is InChI=1S/C29H28ClN5O4S/c30-23-9-4-10-24(18-23)35-29(36)28(39-26-12-11-22-8-5-13-31-27(22)26)25(19-32-35)33-14-16-34(17-15-33)40(37,38)20-21-6-2-1-3-7-21/h1-10,13,18-19,26H,11-12,14-17,20H2. The molecule has 1 saturated heterocycles. The summed E-state index contributed by atoms with van der Waals surface area (Å²) in [6, 6.07) is 20.0. The zero-order chi connectivity index (χ0) is 27.7. The number of rotatable bonds is 7. The Bertz CT molecular complexity index is 1690. The van der Waals surface area contributed by atoms with Gasteiger partial charge in [0, 0.05) is 37.4 Å². The number of fused-ring (bicyclic) bond motifs is 1. The lowest BCUT2D eigenvalue weighted by atomic mass is 10.2. The van der Waals surface area contributed by atoms with E-state index in [0.29, 0.717) is 49.0 Å². The second-order valence-corrected chi connectivity index (χ2v) is 12.3. The Labute approximate surface area is 237 Å². The van der Waals surface area contributed by atoms with Gasteiger partial charge in [-0.15, -0.1) is 0 Å². The number of halogens is 1. The van der Waals surface area contributed by atoms with E-state index in [-0.39, 0.29) is 17.6 Å². The van der Waals surface area contributed by atoms with Crippen LogP contribution in [0.1, 0.15) is 29.3 Å². The summed E-state index contributed by atoms with van der Waals surface area (Å²) in [5.41, 5.74) is 3.33. The van der Waals surface area contributed by atoms with Gasteiger partial charge in [-0.3, -0.25) is 9.78 Å². The van der Waals surface area contributed by atoms with E-state index in [4.69, 9.17) is 16.3 Å². The van der Waals surface area contributed by atoms with E-state index < -0.39 is 15.6 Å². The van der Waals surface area contributed by atoms with E-state index >= 15 is 0 Å². The number of benzene rings is 2. The molecule has 0 N–H and O–H groups in total. The van der Waals surface area contributed by atoms with Crippen LogP contribution in [-0.2, 0) is 22.2 Å². The Morgan fingerprint density at radius 3 is 2.55 bits per heavy atom. The summed E-state index contributed by atoms with van der Waals surface area (Å²) in [4.78, 5) is 20.3. The number of piperazine rings is 1. The number of pyridine rings is 1. The van der Waals surface area contributed by atoms with E-state index in [1.54, 1.807) is 36.7 Å². The van der Waals surface area contributed by atoms with Crippen molar-refractivity contribution in [2.75, 3.05) is 31.1 Å². The molecule has 4 aromatic rings. The molecule has 3 heterocycles. The van der Waals surface area contributed by atoms with E-state index in [9.17, 15) is 13.2 Å². The molecule has 0 radical (unpaired) electrons. The lowest BCUT2D eigenvalue weighted by Crippen LogP contribution is -2.49. The highest BCUT2D eigenvalue weighted by Gasteiger charge is 2.32. The van der Waals surface area contributed by atoms with Crippen LogP contribution in [0.25, 0.3) is 5.69 Å². The van der Waals surface area contributed by atoms with Gasteiger partial charge < -0.3 is 9.64 Å². The van der Waals surface area contributed by atoms with Crippen molar-refractivity contribution in [1.82, 2.24) is 19.1 Å². The molecule has 0 amide bonds. The average Bonchev–Trinajstić information content (AvgIpc) is 3.37. The Morgan fingerprint density at radius 1 is 0.975 bits per heavy atom. The summed E-state index contributed by atoms with van der Waals surface area (Å²) in [6.07, 6.45) is 4.49. The Morgan fingerprint density at radius 2 is 1.77 bits per heavy atom. The zero-order valence-electron chi connectivity index (χ0n) is 21.7. The van der Waals surface area contributed by atoms with Crippen LogP contribution in [0, 0.1) is 0 Å². The maximum absolute atomic E-state index is 13.8. The minimum Gasteiger partial charge on any atom is -0.476 e. The van der Waals surface area contributed by atoms with Crippen molar-refractivity contribution < 1.29 is 13.2 Å². The fraction of sp³-hybridized carbons (Fsp3) is 0.276. The fourth-order valence-corrected chi connectivity index (χ4v) is 6.97. The predicted molar refractivity (Wildman–Crippen MR) is 154 cm³/mol. The van der Waals surface area contributed by atoms with Crippen molar-refractivity contribution in [2.45, 2.75) is 24.7 Å². The quantitative estimate of drug-likeness (QED) is 0.327.